The van der Waals surface area contributed by atoms with Crippen LogP contribution < -0.4 is 14.8 Å². The minimum Gasteiger partial charge on any atom is -0.493 e. The van der Waals surface area contributed by atoms with Gasteiger partial charge >= 0.3 is 0 Å². The smallest absolute Gasteiger partial charge is 0.162 e. The third-order valence-electron chi connectivity index (χ3n) is 4.58. The molecule has 0 heterocycles. The highest BCUT2D eigenvalue weighted by Crippen LogP contribution is 2.34. The van der Waals surface area contributed by atoms with Gasteiger partial charge in [-0.25, -0.2) is 4.39 Å². The Morgan fingerprint density at radius 3 is 2.50 bits per heavy atom. The summed E-state index contributed by atoms with van der Waals surface area (Å²) < 4.78 is 26.0. The van der Waals surface area contributed by atoms with Gasteiger partial charge in [0.2, 0.25) is 0 Å². The van der Waals surface area contributed by atoms with Gasteiger partial charge in [-0.1, -0.05) is 63.4 Å². The number of methoxy groups -OCH3 is 1. The Morgan fingerprint density at radius 1 is 0.967 bits per heavy atom. The first-order valence-electron chi connectivity index (χ1n) is 9.35. The summed E-state index contributed by atoms with van der Waals surface area (Å²) in [6.45, 7) is 1.51. The summed E-state index contributed by atoms with van der Waals surface area (Å²) in [5.41, 5.74) is 2.55. The molecule has 0 radical (unpaired) electrons. The molecular weight excluding hydrogens is 492 g/mol. The van der Waals surface area contributed by atoms with Crippen LogP contribution in [0.5, 0.6) is 11.5 Å². The monoisotopic (exact) mass is 511 g/mol. The van der Waals surface area contributed by atoms with Gasteiger partial charge in [0.25, 0.3) is 0 Å². The molecule has 0 bridgehead atoms. The SMILES string of the molecule is COc1cc(CNCCc2ccc(Cl)cc2Cl)c(Br)cc1OCc1ccccc1F. The van der Waals surface area contributed by atoms with Gasteiger partial charge in [0.15, 0.2) is 11.5 Å². The molecule has 158 valence electrons. The lowest BCUT2D eigenvalue weighted by atomic mass is 10.1. The van der Waals surface area contributed by atoms with Crippen molar-refractivity contribution >= 4 is 39.1 Å². The third-order valence-corrected chi connectivity index (χ3v) is 5.90. The molecule has 0 aliphatic rings. The highest BCUT2D eigenvalue weighted by Gasteiger charge is 2.12. The number of rotatable bonds is 9. The molecular formula is C23H21BrCl2FNO2. The zero-order valence-corrected chi connectivity index (χ0v) is 19.5. The van der Waals surface area contributed by atoms with Crippen LogP contribution in [-0.4, -0.2) is 13.7 Å². The molecule has 3 nitrogen and oxygen atoms in total. The molecule has 0 atom stereocenters. The summed E-state index contributed by atoms with van der Waals surface area (Å²) in [5.74, 6) is 0.841. The van der Waals surface area contributed by atoms with Crippen LogP contribution in [0.25, 0.3) is 0 Å². The molecule has 0 unspecified atom stereocenters. The minimum absolute atomic E-state index is 0.120. The average Bonchev–Trinajstić information content (AvgIpc) is 2.73. The van der Waals surface area contributed by atoms with Crippen molar-refractivity contribution in [2.45, 2.75) is 19.6 Å². The lowest BCUT2D eigenvalue weighted by molar-refractivity contribution is 0.279. The van der Waals surface area contributed by atoms with E-state index in [1.165, 1.54) is 6.07 Å². The van der Waals surface area contributed by atoms with E-state index in [1.54, 1.807) is 31.4 Å². The molecule has 1 N–H and O–H groups in total. The van der Waals surface area contributed by atoms with E-state index in [9.17, 15) is 4.39 Å². The van der Waals surface area contributed by atoms with Gasteiger partial charge in [-0.3, -0.25) is 0 Å². The Kier molecular flexibility index (Phi) is 8.40. The van der Waals surface area contributed by atoms with E-state index in [-0.39, 0.29) is 12.4 Å². The molecule has 0 aliphatic carbocycles. The van der Waals surface area contributed by atoms with E-state index < -0.39 is 0 Å². The largest absolute Gasteiger partial charge is 0.493 e. The first kappa shape index (κ1) is 22.9. The van der Waals surface area contributed by atoms with Crippen molar-refractivity contribution < 1.29 is 13.9 Å². The van der Waals surface area contributed by atoms with Crippen molar-refractivity contribution in [1.82, 2.24) is 5.32 Å². The maximum atomic E-state index is 13.8. The molecule has 30 heavy (non-hydrogen) atoms. The highest BCUT2D eigenvalue weighted by molar-refractivity contribution is 9.10. The van der Waals surface area contributed by atoms with Gasteiger partial charge in [0.1, 0.15) is 12.4 Å². The molecule has 0 aromatic heterocycles. The lowest BCUT2D eigenvalue weighted by Gasteiger charge is -2.15. The lowest BCUT2D eigenvalue weighted by Crippen LogP contribution is -2.17. The van der Waals surface area contributed by atoms with Gasteiger partial charge in [0.05, 0.1) is 7.11 Å². The quantitative estimate of drug-likeness (QED) is 0.319. The number of ether oxygens (including phenoxy) is 2. The predicted octanol–water partition coefficient (Wildman–Crippen LogP) is 6.81. The standard InChI is InChI=1S/C23H21BrCl2FNO2/c1-29-22-10-17(13-28-9-8-15-6-7-18(25)11-20(15)26)19(24)12-23(22)30-14-16-4-2-3-5-21(16)27/h2-7,10-12,28H,8-9,13-14H2,1H3. The zero-order chi connectivity index (χ0) is 21.5. The number of benzene rings is 3. The van der Waals surface area contributed by atoms with E-state index >= 15 is 0 Å². The molecule has 7 heteroatoms. The van der Waals surface area contributed by atoms with Crippen molar-refractivity contribution in [1.29, 1.82) is 0 Å². The van der Waals surface area contributed by atoms with Crippen LogP contribution >= 0.6 is 39.1 Å². The van der Waals surface area contributed by atoms with Crippen molar-refractivity contribution in [3.63, 3.8) is 0 Å². The first-order valence-corrected chi connectivity index (χ1v) is 10.9. The van der Waals surface area contributed by atoms with Crippen LogP contribution in [0.15, 0.2) is 59.1 Å². The Labute approximate surface area is 194 Å². The Hall–Kier alpha value is -1.79. The maximum Gasteiger partial charge on any atom is 0.162 e. The number of nitrogens with one attached hydrogen (secondary N) is 1. The Balaban J connectivity index is 1.60. The van der Waals surface area contributed by atoms with Crippen LogP contribution in [-0.2, 0) is 19.6 Å². The topological polar surface area (TPSA) is 30.5 Å². The van der Waals surface area contributed by atoms with Gasteiger partial charge in [-0.05, 0) is 54.4 Å². The van der Waals surface area contributed by atoms with Crippen molar-refractivity contribution in [3.8, 4) is 11.5 Å². The van der Waals surface area contributed by atoms with Gasteiger partial charge in [-0.15, -0.1) is 0 Å². The van der Waals surface area contributed by atoms with E-state index in [0.29, 0.717) is 33.7 Å². The fourth-order valence-corrected chi connectivity index (χ4v) is 3.89. The molecule has 3 rings (SSSR count). The van der Waals surface area contributed by atoms with E-state index in [0.717, 1.165) is 28.6 Å². The predicted molar refractivity (Wildman–Crippen MR) is 123 cm³/mol. The number of hydrogen-bond acceptors (Lipinski definition) is 3. The highest BCUT2D eigenvalue weighted by atomic mass is 79.9. The second kappa shape index (κ2) is 11.0. The molecule has 0 saturated carbocycles. The van der Waals surface area contributed by atoms with Crippen LogP contribution in [0.1, 0.15) is 16.7 Å². The van der Waals surface area contributed by atoms with Crippen molar-refractivity contribution in [2.24, 2.45) is 0 Å². The van der Waals surface area contributed by atoms with Crippen LogP contribution in [0, 0.1) is 5.82 Å². The van der Waals surface area contributed by atoms with Gasteiger partial charge in [-0.2, -0.15) is 0 Å². The average molecular weight is 513 g/mol. The van der Waals surface area contributed by atoms with Crippen LogP contribution in [0.4, 0.5) is 4.39 Å². The Morgan fingerprint density at radius 2 is 1.77 bits per heavy atom. The molecule has 3 aromatic carbocycles. The number of halogens is 4. The summed E-state index contributed by atoms with van der Waals surface area (Å²) in [7, 11) is 1.58. The maximum absolute atomic E-state index is 13.8. The fourth-order valence-electron chi connectivity index (χ4n) is 2.93. The Bertz CT molecular complexity index is 1020. The fraction of sp³-hybridized carbons (Fsp3) is 0.217. The summed E-state index contributed by atoms with van der Waals surface area (Å²) in [6.07, 6.45) is 0.786. The van der Waals surface area contributed by atoms with E-state index in [2.05, 4.69) is 21.2 Å². The summed E-state index contributed by atoms with van der Waals surface area (Å²) in [5, 5.41) is 4.70. The van der Waals surface area contributed by atoms with Crippen LogP contribution in [0.2, 0.25) is 10.0 Å². The second-order valence-corrected chi connectivity index (χ2v) is 8.34. The van der Waals surface area contributed by atoms with Crippen molar-refractivity contribution in [2.75, 3.05) is 13.7 Å². The minimum atomic E-state index is -0.294. The first-order chi connectivity index (χ1) is 14.5. The normalized spacial score (nSPS) is 10.8. The number of hydrogen-bond donors (Lipinski definition) is 1. The van der Waals surface area contributed by atoms with Crippen molar-refractivity contribution in [3.05, 3.63) is 91.6 Å². The molecule has 3 aromatic rings. The summed E-state index contributed by atoms with van der Waals surface area (Å²) in [6, 6.07) is 15.8. The molecule has 0 spiro atoms. The second-order valence-electron chi connectivity index (χ2n) is 6.64. The molecule has 0 fully saturated rings. The summed E-state index contributed by atoms with van der Waals surface area (Å²) >= 11 is 15.7. The van der Waals surface area contributed by atoms with Gasteiger partial charge < -0.3 is 14.8 Å². The van der Waals surface area contributed by atoms with E-state index in [1.807, 2.05) is 24.3 Å². The summed E-state index contributed by atoms with van der Waals surface area (Å²) in [4.78, 5) is 0. The zero-order valence-electron chi connectivity index (χ0n) is 16.4. The van der Waals surface area contributed by atoms with Gasteiger partial charge in [0, 0.05) is 26.6 Å². The van der Waals surface area contributed by atoms with E-state index in [4.69, 9.17) is 32.7 Å². The van der Waals surface area contributed by atoms with Crippen LogP contribution in [0.3, 0.4) is 0 Å². The molecule has 0 amide bonds. The molecule has 0 aliphatic heterocycles. The third kappa shape index (κ3) is 6.11. The molecule has 0 saturated heterocycles.